The highest BCUT2D eigenvalue weighted by Gasteiger charge is 2.38. The molecule has 160 valence electrons. The van der Waals surface area contributed by atoms with Crippen LogP contribution < -0.4 is 10.6 Å². The van der Waals surface area contributed by atoms with E-state index < -0.39 is 17.6 Å². The number of aromatic nitrogens is 4. The van der Waals surface area contributed by atoms with E-state index in [0.717, 1.165) is 31.0 Å². The largest absolute Gasteiger partial charge is 0.469 e. The minimum atomic E-state index is -0.724. The molecule has 31 heavy (non-hydrogen) atoms. The lowest BCUT2D eigenvalue weighted by atomic mass is 10.2. The standard InChI is InChI=1S/C21H20F2N6O2/c1-21(6-7-21)29-20-27-18(16-5-3-4-14(24-16)11-17(30)31-2)26-19(28-20)25-15-9-12(22)8-13(23)10-15/h3-5,8-10H,6-7,11H2,1-2H3,(H2,25,26,27,28,29). The summed E-state index contributed by atoms with van der Waals surface area (Å²) in [7, 11) is 1.31. The molecule has 3 aromatic rings. The summed E-state index contributed by atoms with van der Waals surface area (Å²) in [4.78, 5) is 29.1. The number of methoxy groups -OCH3 is 1. The number of nitrogens with zero attached hydrogens (tertiary/aromatic N) is 4. The maximum Gasteiger partial charge on any atom is 0.311 e. The number of carbonyl (C=O) groups excluding carboxylic acids is 1. The van der Waals surface area contributed by atoms with Crippen molar-refractivity contribution in [3.05, 3.63) is 53.7 Å². The van der Waals surface area contributed by atoms with E-state index in [1.165, 1.54) is 7.11 Å². The second kappa shape index (κ2) is 8.21. The van der Waals surface area contributed by atoms with Gasteiger partial charge in [-0.25, -0.2) is 13.8 Å². The lowest BCUT2D eigenvalue weighted by Crippen LogP contribution is -2.19. The number of benzene rings is 1. The highest BCUT2D eigenvalue weighted by atomic mass is 19.1. The van der Waals surface area contributed by atoms with Crippen molar-refractivity contribution in [1.29, 1.82) is 0 Å². The number of halogens is 2. The zero-order valence-corrected chi connectivity index (χ0v) is 16.9. The van der Waals surface area contributed by atoms with E-state index >= 15 is 0 Å². The van der Waals surface area contributed by atoms with Gasteiger partial charge in [-0.1, -0.05) is 6.07 Å². The van der Waals surface area contributed by atoms with Crippen LogP contribution in [0.5, 0.6) is 0 Å². The first-order valence-electron chi connectivity index (χ1n) is 9.62. The van der Waals surface area contributed by atoms with Crippen molar-refractivity contribution < 1.29 is 18.3 Å². The molecular weight excluding hydrogens is 406 g/mol. The van der Waals surface area contributed by atoms with Crippen molar-refractivity contribution >= 4 is 23.6 Å². The zero-order valence-electron chi connectivity index (χ0n) is 16.9. The smallest absolute Gasteiger partial charge is 0.311 e. The second-order valence-corrected chi connectivity index (χ2v) is 7.54. The lowest BCUT2D eigenvalue weighted by molar-refractivity contribution is -0.139. The molecule has 2 N–H and O–H groups in total. The van der Waals surface area contributed by atoms with Crippen LogP contribution in [0.3, 0.4) is 0 Å². The molecule has 2 heterocycles. The molecule has 2 aromatic heterocycles. The van der Waals surface area contributed by atoms with E-state index in [-0.39, 0.29) is 29.4 Å². The number of anilines is 3. The van der Waals surface area contributed by atoms with E-state index in [0.29, 0.717) is 17.3 Å². The van der Waals surface area contributed by atoms with Gasteiger partial charge < -0.3 is 15.4 Å². The van der Waals surface area contributed by atoms with Crippen LogP contribution in [0.2, 0.25) is 0 Å². The summed E-state index contributed by atoms with van der Waals surface area (Å²) in [5, 5.41) is 6.07. The summed E-state index contributed by atoms with van der Waals surface area (Å²) in [6.45, 7) is 2.04. The lowest BCUT2D eigenvalue weighted by Gasteiger charge is -2.14. The van der Waals surface area contributed by atoms with Gasteiger partial charge in [-0.15, -0.1) is 0 Å². The van der Waals surface area contributed by atoms with Gasteiger partial charge in [0.25, 0.3) is 0 Å². The fourth-order valence-electron chi connectivity index (χ4n) is 2.86. The van der Waals surface area contributed by atoms with E-state index in [1.54, 1.807) is 18.2 Å². The molecule has 0 unspecified atom stereocenters. The van der Waals surface area contributed by atoms with Gasteiger partial charge in [0, 0.05) is 17.3 Å². The first-order valence-corrected chi connectivity index (χ1v) is 9.62. The summed E-state index contributed by atoms with van der Waals surface area (Å²) < 4.78 is 31.8. The first-order chi connectivity index (χ1) is 14.8. The number of hydrogen-bond donors (Lipinski definition) is 2. The Bertz CT molecular complexity index is 1120. The Kier molecular flexibility index (Phi) is 5.45. The topological polar surface area (TPSA) is 102 Å². The van der Waals surface area contributed by atoms with Crippen LogP contribution in [0.25, 0.3) is 11.5 Å². The fraction of sp³-hybridized carbons (Fsp3) is 0.286. The number of ether oxygens (including phenoxy) is 1. The van der Waals surface area contributed by atoms with Gasteiger partial charge in [-0.3, -0.25) is 4.79 Å². The van der Waals surface area contributed by atoms with Crippen LogP contribution in [0.15, 0.2) is 36.4 Å². The van der Waals surface area contributed by atoms with E-state index in [1.807, 2.05) is 6.92 Å². The maximum absolute atomic E-state index is 13.6. The third-order valence-electron chi connectivity index (χ3n) is 4.76. The Labute approximate surface area is 177 Å². The molecular formula is C21H20F2N6O2. The SMILES string of the molecule is COC(=O)Cc1cccc(-c2nc(Nc3cc(F)cc(F)c3)nc(NC3(C)CC3)n2)n1. The molecule has 0 spiro atoms. The first kappa shape index (κ1) is 20.6. The number of hydrogen-bond acceptors (Lipinski definition) is 8. The molecule has 1 aliphatic rings. The maximum atomic E-state index is 13.6. The Morgan fingerprint density at radius 1 is 1.06 bits per heavy atom. The molecule has 0 saturated heterocycles. The van der Waals surface area contributed by atoms with Gasteiger partial charge in [0.1, 0.15) is 17.3 Å². The number of esters is 1. The average Bonchev–Trinajstić information content (AvgIpc) is 3.43. The molecule has 1 aromatic carbocycles. The third kappa shape index (κ3) is 5.27. The van der Waals surface area contributed by atoms with Gasteiger partial charge in [-0.05, 0) is 44.0 Å². The van der Waals surface area contributed by atoms with E-state index in [2.05, 4.69) is 35.3 Å². The minimum Gasteiger partial charge on any atom is -0.469 e. The molecule has 4 rings (SSSR count). The molecule has 1 aliphatic carbocycles. The van der Waals surface area contributed by atoms with Crippen LogP contribution in [-0.4, -0.2) is 38.6 Å². The normalized spacial score (nSPS) is 14.1. The van der Waals surface area contributed by atoms with Crippen LogP contribution >= 0.6 is 0 Å². The molecule has 1 saturated carbocycles. The Balaban J connectivity index is 1.69. The van der Waals surface area contributed by atoms with Crippen LogP contribution in [0.4, 0.5) is 26.4 Å². The Morgan fingerprint density at radius 3 is 2.45 bits per heavy atom. The van der Waals surface area contributed by atoms with Gasteiger partial charge in [0.2, 0.25) is 11.9 Å². The van der Waals surface area contributed by atoms with E-state index in [4.69, 9.17) is 0 Å². The highest BCUT2D eigenvalue weighted by Crippen LogP contribution is 2.37. The van der Waals surface area contributed by atoms with Gasteiger partial charge >= 0.3 is 5.97 Å². The summed E-state index contributed by atoms with van der Waals surface area (Å²) >= 11 is 0. The molecule has 0 atom stereocenters. The van der Waals surface area contributed by atoms with Crippen molar-refractivity contribution in [2.75, 3.05) is 17.7 Å². The molecule has 8 nitrogen and oxygen atoms in total. The molecule has 0 radical (unpaired) electrons. The Hall–Kier alpha value is -3.69. The quantitative estimate of drug-likeness (QED) is 0.552. The third-order valence-corrected chi connectivity index (χ3v) is 4.76. The number of carbonyl (C=O) groups is 1. The Morgan fingerprint density at radius 2 is 1.77 bits per heavy atom. The summed E-state index contributed by atoms with van der Waals surface area (Å²) in [6.07, 6.45) is 1.95. The minimum absolute atomic E-state index is 0.00623. The average molecular weight is 426 g/mol. The van der Waals surface area contributed by atoms with Crippen molar-refractivity contribution in [3.63, 3.8) is 0 Å². The summed E-state index contributed by atoms with van der Waals surface area (Å²) in [5.41, 5.74) is 0.961. The predicted molar refractivity (Wildman–Crippen MR) is 110 cm³/mol. The zero-order chi connectivity index (χ0) is 22.0. The molecule has 0 bridgehead atoms. The molecule has 0 amide bonds. The van der Waals surface area contributed by atoms with Crippen LogP contribution in [-0.2, 0) is 16.0 Å². The number of rotatable bonds is 7. The second-order valence-electron chi connectivity index (χ2n) is 7.54. The summed E-state index contributed by atoms with van der Waals surface area (Å²) in [5.74, 6) is -1.21. The van der Waals surface area contributed by atoms with Crippen molar-refractivity contribution in [1.82, 2.24) is 19.9 Å². The fourth-order valence-corrected chi connectivity index (χ4v) is 2.86. The van der Waals surface area contributed by atoms with E-state index in [9.17, 15) is 13.6 Å². The predicted octanol–water partition coefficient (Wildman–Crippen LogP) is 3.64. The number of pyridine rings is 1. The van der Waals surface area contributed by atoms with Crippen LogP contribution in [0.1, 0.15) is 25.5 Å². The van der Waals surface area contributed by atoms with Gasteiger partial charge in [0.05, 0.1) is 19.2 Å². The van der Waals surface area contributed by atoms with Crippen LogP contribution in [0, 0.1) is 11.6 Å². The monoisotopic (exact) mass is 426 g/mol. The van der Waals surface area contributed by atoms with Crippen molar-refractivity contribution in [2.45, 2.75) is 31.7 Å². The highest BCUT2D eigenvalue weighted by molar-refractivity contribution is 5.72. The van der Waals surface area contributed by atoms with Crippen molar-refractivity contribution in [2.24, 2.45) is 0 Å². The molecule has 0 aliphatic heterocycles. The number of nitrogens with one attached hydrogen (secondary N) is 2. The summed E-state index contributed by atoms with van der Waals surface area (Å²) in [6, 6.07) is 8.18. The van der Waals surface area contributed by atoms with Crippen molar-refractivity contribution in [3.8, 4) is 11.5 Å². The van der Waals surface area contributed by atoms with Gasteiger partial charge in [-0.2, -0.15) is 15.0 Å². The molecule has 1 fully saturated rings. The molecule has 10 heteroatoms. The van der Waals surface area contributed by atoms with Gasteiger partial charge in [0.15, 0.2) is 5.82 Å².